The molecule has 21 heavy (non-hydrogen) atoms. The third-order valence-electron chi connectivity index (χ3n) is 4.99. The Kier molecular flexibility index (Phi) is 5.70. The number of nitrogens with zero attached hydrogens (tertiary/aromatic N) is 1. The predicted molar refractivity (Wildman–Crippen MR) is 88.2 cm³/mol. The van der Waals surface area contributed by atoms with Crippen LogP contribution in [0.1, 0.15) is 72.6 Å². The van der Waals surface area contributed by atoms with Gasteiger partial charge in [0.1, 0.15) is 0 Å². The zero-order valence-electron chi connectivity index (χ0n) is 14.5. The summed E-state index contributed by atoms with van der Waals surface area (Å²) < 4.78 is 0. The molecule has 1 aliphatic heterocycles. The molecule has 2 unspecified atom stereocenters. The number of hydrogen-bond donors (Lipinski definition) is 1. The Labute approximate surface area is 130 Å². The summed E-state index contributed by atoms with van der Waals surface area (Å²) in [6, 6.07) is 1.20. The average molecular weight is 294 g/mol. The molecule has 2 atom stereocenters. The average Bonchev–Trinajstić information content (AvgIpc) is 2.89. The number of piperidine rings is 1. The molecule has 0 aromatic heterocycles. The molecular weight excluding hydrogens is 260 g/mol. The minimum absolute atomic E-state index is 0.258. The van der Waals surface area contributed by atoms with Crippen molar-refractivity contribution in [2.75, 3.05) is 13.1 Å². The molecule has 2 rings (SSSR count). The van der Waals surface area contributed by atoms with E-state index in [1.165, 1.54) is 44.9 Å². The van der Waals surface area contributed by atoms with E-state index in [0.29, 0.717) is 23.9 Å². The van der Waals surface area contributed by atoms with Crippen LogP contribution in [0.15, 0.2) is 0 Å². The van der Waals surface area contributed by atoms with Gasteiger partial charge in [-0.1, -0.05) is 47.0 Å². The lowest BCUT2D eigenvalue weighted by atomic mass is 9.87. The highest BCUT2D eigenvalue weighted by molar-refractivity contribution is 5.81. The van der Waals surface area contributed by atoms with E-state index in [2.05, 4.69) is 17.1 Å². The zero-order valence-corrected chi connectivity index (χ0v) is 14.5. The number of nitrogens with one attached hydrogen (secondary N) is 1. The predicted octanol–water partition coefficient (Wildman–Crippen LogP) is 3.58. The van der Waals surface area contributed by atoms with Gasteiger partial charge in [0, 0.05) is 30.6 Å². The van der Waals surface area contributed by atoms with Crippen LogP contribution in [-0.4, -0.2) is 36.0 Å². The Morgan fingerprint density at radius 2 is 1.81 bits per heavy atom. The van der Waals surface area contributed by atoms with Crippen LogP contribution in [0.25, 0.3) is 0 Å². The van der Waals surface area contributed by atoms with Gasteiger partial charge in [-0.15, -0.1) is 0 Å². The van der Waals surface area contributed by atoms with Crippen molar-refractivity contribution >= 4 is 5.91 Å². The smallest absolute Gasteiger partial charge is 0.228 e. The number of hydrogen-bond acceptors (Lipinski definition) is 2. The van der Waals surface area contributed by atoms with E-state index in [9.17, 15) is 4.79 Å². The molecule has 3 heteroatoms. The van der Waals surface area contributed by atoms with Crippen LogP contribution < -0.4 is 5.32 Å². The van der Waals surface area contributed by atoms with E-state index in [1.807, 2.05) is 20.8 Å². The van der Waals surface area contributed by atoms with Crippen LogP contribution in [0.4, 0.5) is 0 Å². The maximum absolute atomic E-state index is 12.7. The number of rotatable bonds is 4. The second kappa shape index (κ2) is 7.13. The first kappa shape index (κ1) is 16.8. The van der Waals surface area contributed by atoms with E-state index in [0.717, 1.165) is 13.1 Å². The fourth-order valence-corrected chi connectivity index (χ4v) is 4.01. The Hall–Kier alpha value is -0.570. The first-order chi connectivity index (χ1) is 9.90. The molecule has 1 amide bonds. The number of carbonyl (C=O) groups excluding carboxylic acids is 1. The summed E-state index contributed by atoms with van der Waals surface area (Å²) in [6.45, 7) is 10.2. The minimum Gasteiger partial charge on any atom is -0.340 e. The molecular formula is C18H34N2O. The highest BCUT2D eigenvalue weighted by Crippen LogP contribution is 2.27. The monoisotopic (exact) mass is 294 g/mol. The highest BCUT2D eigenvalue weighted by atomic mass is 16.2. The minimum atomic E-state index is -0.258. The molecule has 2 aliphatic rings. The standard InChI is InChI=1S/C18H34N2O/c1-5-8-14-11-16(19-15-9-6-7-10-15)13-20(12-14)17(21)18(2,3)4/h14-16,19H,5-13H2,1-4H3. The molecule has 1 heterocycles. The lowest BCUT2D eigenvalue weighted by molar-refractivity contribution is -0.142. The van der Waals surface area contributed by atoms with Gasteiger partial charge in [-0.2, -0.15) is 0 Å². The summed E-state index contributed by atoms with van der Waals surface area (Å²) in [5.74, 6) is 0.996. The van der Waals surface area contributed by atoms with Gasteiger partial charge < -0.3 is 10.2 Å². The number of amides is 1. The SMILES string of the molecule is CCCC1CC(NC2CCCC2)CN(C(=O)C(C)(C)C)C1. The van der Waals surface area contributed by atoms with Gasteiger partial charge in [0.2, 0.25) is 5.91 Å². The summed E-state index contributed by atoms with van der Waals surface area (Å²) in [6.07, 6.45) is 9.10. The fourth-order valence-electron chi connectivity index (χ4n) is 4.01. The molecule has 0 radical (unpaired) electrons. The second-order valence-electron chi connectivity index (χ2n) is 8.20. The maximum Gasteiger partial charge on any atom is 0.228 e. The molecule has 0 aromatic rings. The third-order valence-corrected chi connectivity index (χ3v) is 4.99. The Morgan fingerprint density at radius 3 is 2.38 bits per heavy atom. The van der Waals surface area contributed by atoms with E-state index in [4.69, 9.17) is 0 Å². The van der Waals surface area contributed by atoms with Gasteiger partial charge in [0.15, 0.2) is 0 Å². The highest BCUT2D eigenvalue weighted by Gasteiger charge is 2.35. The van der Waals surface area contributed by atoms with Crippen LogP contribution in [0.3, 0.4) is 0 Å². The Bertz CT molecular complexity index is 342. The lowest BCUT2D eigenvalue weighted by Crippen LogP contribution is -2.55. The first-order valence-electron chi connectivity index (χ1n) is 8.95. The molecule has 1 saturated carbocycles. The van der Waals surface area contributed by atoms with Gasteiger partial charge in [-0.05, 0) is 31.6 Å². The number of likely N-dealkylation sites (tertiary alicyclic amines) is 1. The van der Waals surface area contributed by atoms with Crippen LogP contribution in [0, 0.1) is 11.3 Å². The molecule has 1 saturated heterocycles. The summed E-state index contributed by atoms with van der Waals surface area (Å²) >= 11 is 0. The topological polar surface area (TPSA) is 32.3 Å². The Morgan fingerprint density at radius 1 is 1.14 bits per heavy atom. The van der Waals surface area contributed by atoms with Crippen molar-refractivity contribution in [2.45, 2.75) is 84.7 Å². The molecule has 1 aliphatic carbocycles. The van der Waals surface area contributed by atoms with E-state index >= 15 is 0 Å². The summed E-state index contributed by atoms with van der Waals surface area (Å²) in [5.41, 5.74) is -0.258. The quantitative estimate of drug-likeness (QED) is 0.859. The van der Waals surface area contributed by atoms with Crippen molar-refractivity contribution in [3.8, 4) is 0 Å². The second-order valence-corrected chi connectivity index (χ2v) is 8.20. The van der Waals surface area contributed by atoms with Gasteiger partial charge in [0.25, 0.3) is 0 Å². The normalized spacial score (nSPS) is 28.1. The van der Waals surface area contributed by atoms with Crippen molar-refractivity contribution in [1.82, 2.24) is 10.2 Å². The maximum atomic E-state index is 12.7. The van der Waals surface area contributed by atoms with Crippen molar-refractivity contribution in [1.29, 1.82) is 0 Å². The van der Waals surface area contributed by atoms with E-state index in [-0.39, 0.29) is 5.41 Å². The van der Waals surface area contributed by atoms with Crippen LogP contribution >= 0.6 is 0 Å². The van der Waals surface area contributed by atoms with Gasteiger partial charge >= 0.3 is 0 Å². The fraction of sp³-hybridized carbons (Fsp3) is 0.944. The third kappa shape index (κ3) is 4.70. The molecule has 3 nitrogen and oxygen atoms in total. The van der Waals surface area contributed by atoms with E-state index < -0.39 is 0 Å². The van der Waals surface area contributed by atoms with Crippen molar-refractivity contribution in [3.05, 3.63) is 0 Å². The van der Waals surface area contributed by atoms with Crippen LogP contribution in [0.5, 0.6) is 0 Å². The van der Waals surface area contributed by atoms with E-state index in [1.54, 1.807) is 0 Å². The molecule has 2 fully saturated rings. The molecule has 0 aromatic carbocycles. The van der Waals surface area contributed by atoms with Crippen molar-refractivity contribution in [3.63, 3.8) is 0 Å². The van der Waals surface area contributed by atoms with Crippen molar-refractivity contribution < 1.29 is 4.79 Å². The van der Waals surface area contributed by atoms with Crippen molar-refractivity contribution in [2.24, 2.45) is 11.3 Å². The Balaban J connectivity index is 1.98. The molecule has 0 spiro atoms. The van der Waals surface area contributed by atoms with Crippen LogP contribution in [-0.2, 0) is 4.79 Å². The lowest BCUT2D eigenvalue weighted by Gasteiger charge is -2.41. The molecule has 0 bridgehead atoms. The van der Waals surface area contributed by atoms with Gasteiger partial charge in [0.05, 0.1) is 0 Å². The summed E-state index contributed by atoms with van der Waals surface area (Å²) in [7, 11) is 0. The molecule has 122 valence electrons. The summed E-state index contributed by atoms with van der Waals surface area (Å²) in [5, 5.41) is 3.85. The van der Waals surface area contributed by atoms with Crippen LogP contribution in [0.2, 0.25) is 0 Å². The zero-order chi connectivity index (χ0) is 15.5. The summed E-state index contributed by atoms with van der Waals surface area (Å²) in [4.78, 5) is 14.8. The number of carbonyl (C=O) groups is 1. The van der Waals surface area contributed by atoms with Gasteiger partial charge in [-0.25, -0.2) is 0 Å². The molecule has 1 N–H and O–H groups in total. The van der Waals surface area contributed by atoms with Gasteiger partial charge in [-0.3, -0.25) is 4.79 Å². The first-order valence-corrected chi connectivity index (χ1v) is 8.95. The largest absolute Gasteiger partial charge is 0.340 e.